The highest BCUT2D eigenvalue weighted by molar-refractivity contribution is 7.98. The first-order valence-electron chi connectivity index (χ1n) is 18.8. The number of nitrogens with zero attached hydrogens (tertiary/aromatic N) is 1. The van der Waals surface area contributed by atoms with E-state index in [0.717, 1.165) is 24.9 Å². The van der Waals surface area contributed by atoms with Crippen molar-refractivity contribution >= 4 is 52.4 Å². The third-order valence-electron chi connectivity index (χ3n) is 9.07. The van der Waals surface area contributed by atoms with Crippen LogP contribution in [-0.2, 0) is 33.0 Å². The number of rotatable bonds is 16. The number of unbranched alkanes of at least 4 members (excludes halogenated alkanes) is 1. The predicted molar refractivity (Wildman–Crippen MR) is 221 cm³/mol. The molecule has 0 saturated heterocycles. The fourth-order valence-electron chi connectivity index (χ4n) is 6.63. The minimum atomic E-state index is -3.83. The second-order valence-electron chi connectivity index (χ2n) is 16.0. The van der Waals surface area contributed by atoms with Gasteiger partial charge in [-0.2, -0.15) is 0 Å². The monoisotopic (exact) mass is 815 g/mol. The lowest BCUT2D eigenvalue weighted by Gasteiger charge is -2.36. The summed E-state index contributed by atoms with van der Waals surface area (Å²) in [6, 6.07) is 20.7. The van der Waals surface area contributed by atoms with E-state index in [-0.39, 0.29) is 16.4 Å². The molecule has 0 bridgehead atoms. The first-order valence-corrected chi connectivity index (χ1v) is 23.4. The zero-order valence-corrected chi connectivity index (χ0v) is 36.2. The molecule has 3 aromatic carbocycles. The number of hydrogen-bond acceptors (Lipinski definition) is 10. The molecule has 0 aliphatic carbocycles. The zero-order valence-electron chi connectivity index (χ0n) is 33.6. The Balaban J connectivity index is 1.62. The van der Waals surface area contributed by atoms with Crippen molar-refractivity contribution < 1.29 is 36.4 Å². The summed E-state index contributed by atoms with van der Waals surface area (Å²) in [4.78, 5) is 30.2. The van der Waals surface area contributed by atoms with Crippen LogP contribution in [0, 0.1) is 5.41 Å². The topological polar surface area (TPSA) is 140 Å². The largest absolute Gasteiger partial charge is 0.483 e. The summed E-state index contributed by atoms with van der Waals surface area (Å²) in [5.74, 6) is -1.01. The van der Waals surface area contributed by atoms with Crippen molar-refractivity contribution in [3.63, 3.8) is 0 Å². The summed E-state index contributed by atoms with van der Waals surface area (Å²) in [5.41, 5.74) is -0.164. The van der Waals surface area contributed by atoms with Crippen LogP contribution in [0.25, 0.3) is 0 Å². The summed E-state index contributed by atoms with van der Waals surface area (Å²) in [7, 11) is -7.62. The van der Waals surface area contributed by atoms with Crippen LogP contribution in [0.1, 0.15) is 92.7 Å². The standard InChI is InChI=1S/C41H58N3O8PS2/c1-10-12-23-41(11-2)27-44(31-21-17-14-18-22-31)32-24-34(54-9)33(25-35(32)55(48,49)28-41)50-26-36(45)43-37(30-19-15-13-16-20-30)38(46)42-29-53(47,51-39(3,4)5)52-40(6,7)8/h13-22,24-25,37H,10-12,23,26-29H2,1-9H3,(H,42,46)(H,43,45)/t37-,41?/m1/s1. The van der Waals surface area contributed by atoms with Gasteiger partial charge in [-0.15, -0.1) is 11.8 Å². The number of hydrogen-bond donors (Lipinski definition) is 2. The lowest BCUT2D eigenvalue weighted by atomic mass is 9.81. The molecular weight excluding hydrogens is 758 g/mol. The molecule has 3 aromatic rings. The summed E-state index contributed by atoms with van der Waals surface area (Å²) >= 11 is 1.38. The van der Waals surface area contributed by atoms with Crippen molar-refractivity contribution in [3.8, 4) is 5.75 Å². The molecule has 2 atom stereocenters. The van der Waals surface area contributed by atoms with Gasteiger partial charge in [-0.3, -0.25) is 14.2 Å². The van der Waals surface area contributed by atoms with Gasteiger partial charge in [-0.25, -0.2) is 8.42 Å². The van der Waals surface area contributed by atoms with Crippen molar-refractivity contribution in [1.29, 1.82) is 0 Å². The summed E-state index contributed by atoms with van der Waals surface area (Å²) in [6.07, 6.45) is 4.79. The van der Waals surface area contributed by atoms with Gasteiger partial charge in [0.2, 0.25) is 5.91 Å². The van der Waals surface area contributed by atoms with E-state index >= 15 is 0 Å². The number of nitrogens with one attached hydrogen (secondary N) is 2. The van der Waals surface area contributed by atoms with Crippen molar-refractivity contribution in [1.82, 2.24) is 10.6 Å². The number of benzene rings is 3. The second kappa shape index (κ2) is 18.3. The number of ether oxygens (including phenoxy) is 1. The Kier molecular flexibility index (Phi) is 14.7. The smallest absolute Gasteiger partial charge is 0.350 e. The van der Waals surface area contributed by atoms with Gasteiger partial charge < -0.3 is 29.3 Å². The highest BCUT2D eigenvalue weighted by Crippen LogP contribution is 2.53. The van der Waals surface area contributed by atoms with Crippen molar-refractivity contribution in [3.05, 3.63) is 78.4 Å². The normalized spacial score (nSPS) is 17.8. The van der Waals surface area contributed by atoms with Gasteiger partial charge in [-0.1, -0.05) is 75.2 Å². The Hall–Kier alpha value is -3.35. The van der Waals surface area contributed by atoms with Crippen LogP contribution in [0.3, 0.4) is 0 Å². The van der Waals surface area contributed by atoms with Gasteiger partial charge in [0.15, 0.2) is 16.4 Å². The van der Waals surface area contributed by atoms with E-state index in [9.17, 15) is 22.6 Å². The molecule has 0 aromatic heterocycles. The molecule has 302 valence electrons. The molecule has 0 saturated carbocycles. The van der Waals surface area contributed by atoms with Crippen LogP contribution in [0.2, 0.25) is 0 Å². The van der Waals surface area contributed by atoms with E-state index in [1.165, 1.54) is 17.8 Å². The molecular formula is C41H58N3O8PS2. The number of carbonyl (C=O) groups is 2. The van der Waals surface area contributed by atoms with Crippen molar-refractivity contribution in [2.24, 2.45) is 5.41 Å². The number of fused-ring (bicyclic) bond motifs is 1. The van der Waals surface area contributed by atoms with Crippen molar-refractivity contribution in [2.45, 2.75) is 108 Å². The molecule has 2 N–H and O–H groups in total. The molecule has 0 spiro atoms. The maximum absolute atomic E-state index is 14.3. The van der Waals surface area contributed by atoms with E-state index in [2.05, 4.69) is 29.4 Å². The van der Waals surface area contributed by atoms with Crippen LogP contribution in [-0.4, -0.2) is 62.9 Å². The van der Waals surface area contributed by atoms with Crippen molar-refractivity contribution in [2.75, 3.05) is 36.3 Å². The highest BCUT2D eigenvalue weighted by Gasteiger charge is 2.42. The number of para-hydroxylation sites is 1. The summed E-state index contributed by atoms with van der Waals surface area (Å²) < 4.78 is 60.1. The van der Waals surface area contributed by atoms with Gasteiger partial charge in [0.25, 0.3) is 5.91 Å². The quantitative estimate of drug-likeness (QED) is 0.106. The second-order valence-corrected chi connectivity index (χ2v) is 20.7. The number of amides is 2. The molecule has 55 heavy (non-hydrogen) atoms. The summed E-state index contributed by atoms with van der Waals surface area (Å²) in [5, 5.41) is 5.42. The molecule has 0 fully saturated rings. The Labute approximate surface area is 332 Å². The molecule has 1 aliphatic heterocycles. The molecule has 2 amide bonds. The van der Waals surface area contributed by atoms with Crippen LogP contribution in [0.4, 0.5) is 11.4 Å². The lowest BCUT2D eigenvalue weighted by Crippen LogP contribution is -2.43. The molecule has 4 rings (SSSR count). The van der Waals surface area contributed by atoms with Gasteiger partial charge >= 0.3 is 7.60 Å². The Morgan fingerprint density at radius 2 is 1.55 bits per heavy atom. The van der Waals surface area contributed by atoms with E-state index < -0.39 is 64.8 Å². The fourth-order valence-corrected chi connectivity index (χ4v) is 11.5. The maximum Gasteiger partial charge on any atom is 0.350 e. The Morgan fingerprint density at radius 3 is 2.09 bits per heavy atom. The molecule has 14 heteroatoms. The zero-order chi connectivity index (χ0) is 40.7. The first-order chi connectivity index (χ1) is 25.7. The first kappa shape index (κ1) is 44.4. The Bertz CT molecular complexity index is 1910. The van der Waals surface area contributed by atoms with Crippen LogP contribution in [0.5, 0.6) is 5.75 Å². The van der Waals surface area contributed by atoms with Gasteiger partial charge in [0.05, 0.1) is 32.4 Å². The Morgan fingerprint density at radius 1 is 0.945 bits per heavy atom. The minimum absolute atomic E-state index is 0.00619. The van der Waals surface area contributed by atoms with E-state index in [0.29, 0.717) is 29.1 Å². The molecule has 11 nitrogen and oxygen atoms in total. The van der Waals surface area contributed by atoms with Gasteiger partial charge in [0, 0.05) is 23.7 Å². The SMILES string of the molecule is CCCCC1(CC)CN(c2ccccc2)c2cc(SC)c(OCC(=O)N[C@@H](C(=O)NCP(=O)(OC(C)(C)C)OC(C)(C)C)c3ccccc3)cc2S(=O)(=O)C1. The average molecular weight is 816 g/mol. The molecule has 1 unspecified atom stereocenters. The third-order valence-corrected chi connectivity index (χ3v) is 14.0. The van der Waals surface area contributed by atoms with Gasteiger partial charge in [0.1, 0.15) is 18.1 Å². The predicted octanol–water partition coefficient (Wildman–Crippen LogP) is 9.05. The molecule has 0 radical (unpaired) electrons. The average Bonchev–Trinajstić information content (AvgIpc) is 3.21. The lowest BCUT2D eigenvalue weighted by molar-refractivity contribution is -0.130. The number of sulfone groups is 1. The fraction of sp³-hybridized carbons (Fsp3) is 0.512. The molecule has 1 aliphatic rings. The van der Waals surface area contributed by atoms with Crippen LogP contribution >= 0.6 is 19.4 Å². The van der Waals surface area contributed by atoms with Gasteiger partial charge in [-0.05, 0) is 84.4 Å². The van der Waals surface area contributed by atoms with E-state index in [1.54, 1.807) is 71.9 Å². The highest BCUT2D eigenvalue weighted by atomic mass is 32.2. The number of anilines is 2. The summed E-state index contributed by atoms with van der Waals surface area (Å²) in [6.45, 7) is 14.7. The van der Waals surface area contributed by atoms with Crippen LogP contribution < -0.4 is 20.3 Å². The number of carbonyl (C=O) groups excluding carboxylic acids is 2. The number of thioether (sulfide) groups is 1. The van der Waals surface area contributed by atoms with E-state index in [4.69, 9.17) is 13.8 Å². The third kappa shape index (κ3) is 12.3. The minimum Gasteiger partial charge on any atom is -0.483 e. The molecule has 1 heterocycles. The van der Waals surface area contributed by atoms with Crippen LogP contribution in [0.15, 0.2) is 82.6 Å². The van der Waals surface area contributed by atoms with E-state index in [1.807, 2.05) is 42.7 Å². The maximum atomic E-state index is 14.3.